The lowest BCUT2D eigenvalue weighted by Crippen LogP contribution is -2.17. The summed E-state index contributed by atoms with van der Waals surface area (Å²) in [5.41, 5.74) is 2.25. The Morgan fingerprint density at radius 3 is 2.93 bits per heavy atom. The van der Waals surface area contributed by atoms with Crippen LogP contribution in [-0.4, -0.2) is 19.0 Å². The minimum atomic E-state index is -0.392. The summed E-state index contributed by atoms with van der Waals surface area (Å²) >= 11 is 0. The number of rotatable bonds is 1. The SMILES string of the molecule is COC(=O)c1ccc2c(c1)CC(=O)OC2. The fraction of sp³-hybridized carbons (Fsp3) is 0.273. The fourth-order valence-electron chi connectivity index (χ4n) is 1.54. The van der Waals surface area contributed by atoms with Crippen LogP contribution in [0.5, 0.6) is 0 Å². The zero-order valence-electron chi connectivity index (χ0n) is 8.28. The van der Waals surface area contributed by atoms with E-state index in [2.05, 4.69) is 4.74 Å². The average Bonchev–Trinajstić information content (AvgIpc) is 2.27. The molecular weight excluding hydrogens is 196 g/mol. The third kappa shape index (κ3) is 1.83. The Morgan fingerprint density at radius 1 is 1.40 bits per heavy atom. The Balaban J connectivity index is 2.36. The van der Waals surface area contributed by atoms with Gasteiger partial charge in [0.2, 0.25) is 0 Å². The summed E-state index contributed by atoms with van der Waals surface area (Å²) in [5, 5.41) is 0. The van der Waals surface area contributed by atoms with Crippen LogP contribution in [0.25, 0.3) is 0 Å². The molecule has 0 saturated carbocycles. The summed E-state index contributed by atoms with van der Waals surface area (Å²) in [6.45, 7) is 0.287. The first-order valence-electron chi connectivity index (χ1n) is 4.56. The smallest absolute Gasteiger partial charge is 0.337 e. The van der Waals surface area contributed by atoms with Crippen LogP contribution in [0.4, 0.5) is 0 Å². The number of hydrogen-bond donors (Lipinski definition) is 0. The van der Waals surface area contributed by atoms with Gasteiger partial charge in [0.15, 0.2) is 0 Å². The molecule has 1 heterocycles. The van der Waals surface area contributed by atoms with Crippen LogP contribution in [0.3, 0.4) is 0 Å². The van der Waals surface area contributed by atoms with Crippen LogP contribution in [0.2, 0.25) is 0 Å². The van der Waals surface area contributed by atoms with Crippen LogP contribution in [0.1, 0.15) is 21.5 Å². The van der Waals surface area contributed by atoms with Crippen molar-refractivity contribution in [3.63, 3.8) is 0 Å². The van der Waals surface area contributed by atoms with E-state index < -0.39 is 5.97 Å². The van der Waals surface area contributed by atoms with Crippen molar-refractivity contribution in [2.24, 2.45) is 0 Å². The number of esters is 2. The summed E-state index contributed by atoms with van der Waals surface area (Å²) < 4.78 is 9.47. The Bertz CT molecular complexity index is 423. The Hall–Kier alpha value is -1.84. The lowest BCUT2D eigenvalue weighted by molar-refractivity contribution is -0.145. The van der Waals surface area contributed by atoms with Crippen molar-refractivity contribution >= 4 is 11.9 Å². The molecule has 1 aliphatic heterocycles. The number of carbonyl (C=O) groups is 2. The third-order valence-electron chi connectivity index (χ3n) is 2.35. The Kier molecular flexibility index (Phi) is 2.41. The van der Waals surface area contributed by atoms with Crippen molar-refractivity contribution in [3.8, 4) is 0 Å². The molecule has 0 atom stereocenters. The van der Waals surface area contributed by atoms with Crippen LogP contribution in [-0.2, 0) is 27.3 Å². The van der Waals surface area contributed by atoms with Gasteiger partial charge in [-0.3, -0.25) is 4.79 Å². The van der Waals surface area contributed by atoms with Crippen LogP contribution in [0, 0.1) is 0 Å². The van der Waals surface area contributed by atoms with Crippen LogP contribution < -0.4 is 0 Å². The molecule has 0 spiro atoms. The van der Waals surface area contributed by atoms with Gasteiger partial charge >= 0.3 is 11.9 Å². The van der Waals surface area contributed by atoms with Crippen molar-refractivity contribution in [3.05, 3.63) is 34.9 Å². The predicted octanol–water partition coefficient (Wildman–Crippen LogP) is 1.07. The van der Waals surface area contributed by atoms with Crippen molar-refractivity contribution < 1.29 is 19.1 Å². The maximum Gasteiger partial charge on any atom is 0.337 e. The highest BCUT2D eigenvalue weighted by Gasteiger charge is 2.18. The van der Waals surface area contributed by atoms with Gasteiger partial charge in [-0.25, -0.2) is 4.79 Å². The topological polar surface area (TPSA) is 52.6 Å². The molecule has 2 rings (SSSR count). The zero-order valence-corrected chi connectivity index (χ0v) is 8.28. The summed E-state index contributed by atoms with van der Waals surface area (Å²) in [6, 6.07) is 5.14. The highest BCUT2D eigenvalue weighted by atomic mass is 16.5. The van der Waals surface area contributed by atoms with E-state index in [0.29, 0.717) is 5.56 Å². The second kappa shape index (κ2) is 3.73. The molecule has 0 radical (unpaired) electrons. The molecule has 1 aromatic rings. The fourth-order valence-corrected chi connectivity index (χ4v) is 1.54. The third-order valence-corrected chi connectivity index (χ3v) is 2.35. The molecule has 0 aliphatic carbocycles. The van der Waals surface area contributed by atoms with Crippen molar-refractivity contribution in [1.29, 1.82) is 0 Å². The number of ether oxygens (including phenoxy) is 2. The Morgan fingerprint density at radius 2 is 2.20 bits per heavy atom. The highest BCUT2D eigenvalue weighted by Crippen LogP contribution is 2.19. The lowest BCUT2D eigenvalue weighted by Gasteiger charge is -2.16. The van der Waals surface area contributed by atoms with Gasteiger partial charge in [-0.1, -0.05) is 6.07 Å². The largest absolute Gasteiger partial charge is 0.465 e. The molecule has 0 amide bonds. The normalized spacial score (nSPS) is 14.1. The van der Waals surface area contributed by atoms with E-state index in [1.165, 1.54) is 7.11 Å². The lowest BCUT2D eigenvalue weighted by atomic mass is 10.00. The summed E-state index contributed by atoms with van der Waals surface area (Å²) in [7, 11) is 1.33. The van der Waals surface area contributed by atoms with Gasteiger partial charge in [-0.2, -0.15) is 0 Å². The molecule has 78 valence electrons. The van der Waals surface area contributed by atoms with E-state index in [1.54, 1.807) is 18.2 Å². The monoisotopic (exact) mass is 206 g/mol. The van der Waals surface area contributed by atoms with Gasteiger partial charge in [-0.05, 0) is 23.3 Å². The summed E-state index contributed by atoms with van der Waals surface area (Å²) in [6.07, 6.45) is 0.222. The summed E-state index contributed by atoms with van der Waals surface area (Å²) in [4.78, 5) is 22.3. The molecule has 4 heteroatoms. The number of benzene rings is 1. The number of carbonyl (C=O) groups excluding carboxylic acids is 2. The molecule has 0 fully saturated rings. The molecule has 0 bridgehead atoms. The minimum absolute atomic E-state index is 0.222. The molecule has 4 nitrogen and oxygen atoms in total. The van der Waals surface area contributed by atoms with Crippen molar-refractivity contribution in [2.75, 3.05) is 7.11 Å². The zero-order chi connectivity index (χ0) is 10.8. The van der Waals surface area contributed by atoms with E-state index in [-0.39, 0.29) is 19.0 Å². The first-order chi connectivity index (χ1) is 7.20. The van der Waals surface area contributed by atoms with Gasteiger partial charge in [0, 0.05) is 0 Å². The number of cyclic esters (lactones) is 1. The first-order valence-corrected chi connectivity index (χ1v) is 4.56. The standard InChI is InChI=1S/C11H10O4/c1-14-11(13)7-2-3-8-6-15-10(12)5-9(8)4-7/h2-4H,5-6H2,1H3. The molecular formula is C11H10O4. The number of methoxy groups -OCH3 is 1. The van der Waals surface area contributed by atoms with E-state index in [0.717, 1.165) is 11.1 Å². The van der Waals surface area contributed by atoms with E-state index in [9.17, 15) is 9.59 Å². The van der Waals surface area contributed by atoms with Gasteiger partial charge in [0.1, 0.15) is 6.61 Å². The van der Waals surface area contributed by atoms with Gasteiger partial charge < -0.3 is 9.47 Å². The van der Waals surface area contributed by atoms with E-state index in [1.807, 2.05) is 0 Å². The van der Waals surface area contributed by atoms with Gasteiger partial charge in [0.05, 0.1) is 19.1 Å². The molecule has 0 aromatic heterocycles. The van der Waals surface area contributed by atoms with Gasteiger partial charge in [0.25, 0.3) is 0 Å². The highest BCUT2D eigenvalue weighted by molar-refractivity contribution is 5.90. The number of fused-ring (bicyclic) bond motifs is 1. The number of hydrogen-bond acceptors (Lipinski definition) is 4. The maximum atomic E-state index is 11.2. The van der Waals surface area contributed by atoms with E-state index in [4.69, 9.17) is 4.74 Å². The molecule has 1 aliphatic rings. The molecule has 1 aromatic carbocycles. The Labute approximate surface area is 86.8 Å². The quantitative estimate of drug-likeness (QED) is 0.645. The van der Waals surface area contributed by atoms with Crippen LogP contribution in [0.15, 0.2) is 18.2 Å². The van der Waals surface area contributed by atoms with E-state index >= 15 is 0 Å². The minimum Gasteiger partial charge on any atom is -0.465 e. The second-order valence-electron chi connectivity index (χ2n) is 3.31. The maximum absolute atomic E-state index is 11.2. The average molecular weight is 206 g/mol. The summed E-state index contributed by atoms with van der Waals surface area (Å²) in [5.74, 6) is -0.652. The first kappa shape index (κ1) is 9.71. The molecule has 0 N–H and O–H groups in total. The molecule has 0 unspecified atom stereocenters. The second-order valence-corrected chi connectivity index (χ2v) is 3.31. The molecule has 15 heavy (non-hydrogen) atoms. The van der Waals surface area contributed by atoms with Crippen molar-refractivity contribution in [2.45, 2.75) is 13.0 Å². The van der Waals surface area contributed by atoms with Crippen molar-refractivity contribution in [1.82, 2.24) is 0 Å². The molecule has 0 saturated heterocycles. The predicted molar refractivity (Wildman–Crippen MR) is 51.3 cm³/mol. The van der Waals surface area contributed by atoms with Gasteiger partial charge in [-0.15, -0.1) is 0 Å². The van der Waals surface area contributed by atoms with Crippen LogP contribution >= 0.6 is 0 Å².